The average molecular weight is 299 g/mol. The highest BCUT2D eigenvalue weighted by molar-refractivity contribution is 7.71. The molecule has 4 atom stereocenters. The Hall–Kier alpha value is -1.59. The number of aromatic amines is 1. The van der Waals surface area contributed by atoms with Gasteiger partial charge in [0.2, 0.25) is 0 Å². The summed E-state index contributed by atoms with van der Waals surface area (Å²) < 4.78 is 7.11. The lowest BCUT2D eigenvalue weighted by molar-refractivity contribution is -0.0511. The van der Waals surface area contributed by atoms with Crippen LogP contribution in [0, 0.1) is 4.64 Å². The molecule has 1 aliphatic heterocycles. The largest absolute Gasteiger partial charge is 0.394 e. The van der Waals surface area contributed by atoms with Crippen molar-refractivity contribution >= 4 is 29.3 Å². The van der Waals surface area contributed by atoms with Crippen molar-refractivity contribution in [3.63, 3.8) is 0 Å². The third-order valence-corrected chi connectivity index (χ3v) is 3.54. The first kappa shape index (κ1) is 13.4. The number of nitrogens with zero attached hydrogens (tertiary/aromatic N) is 3. The van der Waals surface area contributed by atoms with E-state index in [1.807, 2.05) is 0 Å². The maximum Gasteiger partial charge on any atom is 0.200 e. The topological polar surface area (TPSA) is 142 Å². The second-order valence-corrected chi connectivity index (χ2v) is 4.89. The van der Waals surface area contributed by atoms with Gasteiger partial charge in [-0.2, -0.15) is 0 Å². The molecule has 20 heavy (non-hydrogen) atoms. The van der Waals surface area contributed by atoms with Gasteiger partial charge in [0.05, 0.1) is 12.9 Å². The van der Waals surface area contributed by atoms with Crippen LogP contribution in [-0.2, 0) is 4.74 Å². The van der Waals surface area contributed by atoms with Gasteiger partial charge in [-0.1, -0.05) is 12.2 Å². The summed E-state index contributed by atoms with van der Waals surface area (Å²) in [6.45, 7) is -0.402. The van der Waals surface area contributed by atoms with Crippen molar-refractivity contribution in [3.8, 4) is 0 Å². The van der Waals surface area contributed by atoms with Gasteiger partial charge in [0, 0.05) is 0 Å². The van der Waals surface area contributed by atoms with E-state index in [0.717, 1.165) is 0 Å². The Kier molecular flexibility index (Phi) is 3.18. The molecule has 6 N–H and O–H groups in total. The van der Waals surface area contributed by atoms with Crippen LogP contribution in [0.3, 0.4) is 0 Å². The highest BCUT2D eigenvalue weighted by Crippen LogP contribution is 2.31. The molecule has 0 spiro atoms. The van der Waals surface area contributed by atoms with Crippen LogP contribution in [0.25, 0.3) is 11.2 Å². The number of nitrogen functional groups attached to an aromatic ring is 1. The fourth-order valence-corrected chi connectivity index (χ4v) is 2.50. The number of anilines is 1. The Morgan fingerprint density at radius 1 is 1.45 bits per heavy atom. The van der Waals surface area contributed by atoms with Gasteiger partial charge in [-0.05, 0) is 0 Å². The molecule has 0 saturated carbocycles. The van der Waals surface area contributed by atoms with E-state index in [-0.39, 0.29) is 10.6 Å². The summed E-state index contributed by atoms with van der Waals surface area (Å²) in [6, 6.07) is 0. The standard InChI is InChI=1S/C10H13N5O4S/c11-10-13-7-4(8(20)14-10)12-2-15(7)9-6(18)5(17)3(1-16)19-9/h2-3,5-6,9,16-18H,1H2,(H3,11,13,14,20)/t3?,5-,6?,9?/m0/s1. The van der Waals surface area contributed by atoms with Crippen molar-refractivity contribution in [1.82, 2.24) is 19.5 Å². The lowest BCUT2D eigenvalue weighted by atomic mass is 10.1. The van der Waals surface area contributed by atoms with Crippen molar-refractivity contribution < 1.29 is 20.1 Å². The molecule has 108 valence electrons. The Bertz CT molecular complexity index is 701. The molecule has 3 heterocycles. The van der Waals surface area contributed by atoms with E-state index in [2.05, 4.69) is 15.0 Å². The number of imidazole rings is 1. The van der Waals surface area contributed by atoms with Crippen LogP contribution < -0.4 is 5.73 Å². The highest BCUT2D eigenvalue weighted by atomic mass is 32.1. The van der Waals surface area contributed by atoms with Crippen LogP contribution >= 0.6 is 12.2 Å². The molecule has 2 aromatic heterocycles. The maximum atomic E-state index is 10.0. The number of H-pyrrole nitrogens is 1. The van der Waals surface area contributed by atoms with Crippen molar-refractivity contribution in [1.29, 1.82) is 0 Å². The van der Waals surface area contributed by atoms with Gasteiger partial charge >= 0.3 is 0 Å². The Morgan fingerprint density at radius 3 is 2.85 bits per heavy atom. The van der Waals surface area contributed by atoms with Crippen LogP contribution in [-0.4, -0.2) is 59.8 Å². The summed E-state index contributed by atoms with van der Waals surface area (Å²) in [4.78, 5) is 10.8. The molecule has 9 nitrogen and oxygen atoms in total. The minimum absolute atomic E-state index is 0.107. The Morgan fingerprint density at radius 2 is 2.20 bits per heavy atom. The molecule has 10 heteroatoms. The number of rotatable bonds is 2. The van der Waals surface area contributed by atoms with E-state index >= 15 is 0 Å². The van der Waals surface area contributed by atoms with Gasteiger partial charge in [-0.15, -0.1) is 0 Å². The molecular weight excluding hydrogens is 286 g/mol. The van der Waals surface area contributed by atoms with E-state index in [4.69, 9.17) is 27.8 Å². The first-order valence-corrected chi connectivity index (χ1v) is 6.28. The van der Waals surface area contributed by atoms with Gasteiger partial charge in [-0.3, -0.25) is 4.57 Å². The second kappa shape index (κ2) is 4.75. The Labute approximate surface area is 117 Å². The van der Waals surface area contributed by atoms with Crippen molar-refractivity contribution in [2.75, 3.05) is 12.3 Å². The van der Waals surface area contributed by atoms with Crippen LogP contribution in [0.1, 0.15) is 6.23 Å². The van der Waals surface area contributed by atoms with Gasteiger partial charge in [0.25, 0.3) is 0 Å². The number of aliphatic hydroxyl groups is 3. The molecule has 0 radical (unpaired) electrons. The Balaban J connectivity index is 2.09. The smallest absolute Gasteiger partial charge is 0.200 e. The van der Waals surface area contributed by atoms with Gasteiger partial charge in [-0.25, -0.2) is 9.97 Å². The van der Waals surface area contributed by atoms with Crippen molar-refractivity contribution in [2.24, 2.45) is 0 Å². The summed E-state index contributed by atoms with van der Waals surface area (Å²) in [5.41, 5.74) is 6.44. The van der Waals surface area contributed by atoms with E-state index < -0.39 is 31.1 Å². The number of fused-ring (bicyclic) bond motifs is 1. The predicted molar refractivity (Wildman–Crippen MR) is 70.1 cm³/mol. The number of aliphatic hydroxyl groups excluding tert-OH is 3. The molecule has 0 amide bonds. The molecule has 0 aromatic carbocycles. The summed E-state index contributed by atoms with van der Waals surface area (Å²) in [5, 5.41) is 28.9. The van der Waals surface area contributed by atoms with Gasteiger partial charge in [0.1, 0.15) is 29.5 Å². The zero-order chi connectivity index (χ0) is 14.4. The lowest BCUT2D eigenvalue weighted by Gasteiger charge is -2.16. The third-order valence-electron chi connectivity index (χ3n) is 3.26. The van der Waals surface area contributed by atoms with E-state index in [1.54, 1.807) is 0 Å². The molecule has 3 unspecified atom stereocenters. The number of nitrogens with two attached hydrogens (primary N) is 1. The first-order valence-electron chi connectivity index (χ1n) is 5.87. The van der Waals surface area contributed by atoms with Crippen molar-refractivity contribution in [2.45, 2.75) is 24.5 Å². The molecule has 1 aliphatic rings. The molecule has 0 aliphatic carbocycles. The van der Waals surface area contributed by atoms with Crippen LogP contribution in [0.15, 0.2) is 6.33 Å². The SMILES string of the molecule is Nc1nc(=S)c2ncn(C3OC(CO)[C@H](O)C3O)c2[nH]1. The first-order chi connectivity index (χ1) is 9.52. The molecule has 3 rings (SSSR count). The molecule has 1 fully saturated rings. The maximum absolute atomic E-state index is 10.0. The molecular formula is C10H13N5O4S. The van der Waals surface area contributed by atoms with E-state index in [0.29, 0.717) is 11.2 Å². The van der Waals surface area contributed by atoms with Crippen LogP contribution in [0.2, 0.25) is 0 Å². The normalized spacial score (nSPS) is 30.1. The number of ether oxygens (including phenoxy) is 1. The number of hydrogen-bond acceptors (Lipinski definition) is 8. The minimum atomic E-state index is -1.21. The predicted octanol–water partition coefficient (Wildman–Crippen LogP) is -1.32. The summed E-state index contributed by atoms with van der Waals surface area (Å²) in [7, 11) is 0. The fourth-order valence-electron chi connectivity index (χ4n) is 2.26. The monoisotopic (exact) mass is 299 g/mol. The molecule has 0 bridgehead atoms. The highest BCUT2D eigenvalue weighted by Gasteiger charge is 2.43. The van der Waals surface area contributed by atoms with E-state index in [1.165, 1.54) is 10.9 Å². The third kappa shape index (κ3) is 1.89. The zero-order valence-corrected chi connectivity index (χ0v) is 11.0. The van der Waals surface area contributed by atoms with Gasteiger partial charge < -0.3 is 30.8 Å². The summed E-state index contributed by atoms with van der Waals surface area (Å²) in [5.74, 6) is 0.107. The second-order valence-electron chi connectivity index (χ2n) is 4.51. The van der Waals surface area contributed by atoms with Crippen LogP contribution in [0.4, 0.5) is 5.95 Å². The van der Waals surface area contributed by atoms with E-state index in [9.17, 15) is 10.2 Å². The summed E-state index contributed by atoms with van der Waals surface area (Å²) in [6.07, 6.45) is -2.77. The van der Waals surface area contributed by atoms with Crippen LogP contribution in [0.5, 0.6) is 0 Å². The number of hydrogen-bond donors (Lipinski definition) is 5. The molecule has 2 aromatic rings. The average Bonchev–Trinajstić information content (AvgIpc) is 2.93. The van der Waals surface area contributed by atoms with Gasteiger partial charge in [0.15, 0.2) is 16.8 Å². The quantitative estimate of drug-likeness (QED) is 0.430. The molecule has 1 saturated heterocycles. The number of aromatic nitrogens is 4. The zero-order valence-electron chi connectivity index (χ0n) is 10.2. The van der Waals surface area contributed by atoms with Crippen molar-refractivity contribution in [3.05, 3.63) is 11.0 Å². The fraction of sp³-hybridized carbons (Fsp3) is 0.500. The number of nitrogens with one attached hydrogen (secondary N) is 1. The summed E-state index contributed by atoms with van der Waals surface area (Å²) >= 11 is 5.05. The minimum Gasteiger partial charge on any atom is -0.394 e. The lowest BCUT2D eigenvalue weighted by Crippen LogP contribution is -2.33.